The fraction of sp³-hybridized carbons (Fsp3) is 0.0526. The first kappa shape index (κ1) is 19.7. The average molecular weight is 487 g/mol. The number of hydrogen-bond acceptors (Lipinski definition) is 3. The second-order valence-corrected chi connectivity index (χ2v) is 7.20. The van der Waals surface area contributed by atoms with Crippen molar-refractivity contribution in [3.8, 4) is 28.3 Å². The molecule has 0 saturated carbocycles. The van der Waals surface area contributed by atoms with Crippen LogP contribution in [0.2, 0.25) is 5.02 Å². The monoisotopic (exact) mass is 485 g/mol. The summed E-state index contributed by atoms with van der Waals surface area (Å²) in [5.41, 5.74) is -1.27. The molecule has 2 aromatic carbocycles. The lowest BCUT2D eigenvalue weighted by Crippen LogP contribution is -2.14. The van der Waals surface area contributed by atoms with Gasteiger partial charge in [0.05, 0.1) is 28.0 Å². The standard InChI is InChI=1S/C19H9BrClF4N3O/c20-11-4-1-2-7-15(11)28-18(19(23,24)25)10(9-26-28)16-8-14(27-29-16)17-12(21)5-3-6-13(17)22/h1-9H. The SMILES string of the molecule is Fc1cccc(Cl)c1-c1cc(-c2cnn(-c3ccccc3Br)c2C(F)(F)F)on1. The lowest BCUT2D eigenvalue weighted by molar-refractivity contribution is -0.142. The molecule has 2 aromatic heterocycles. The molecule has 0 fully saturated rings. The van der Waals surface area contributed by atoms with Gasteiger partial charge < -0.3 is 4.52 Å². The number of alkyl halides is 3. The highest BCUT2D eigenvalue weighted by Crippen LogP contribution is 2.41. The van der Waals surface area contributed by atoms with Crippen molar-refractivity contribution >= 4 is 27.5 Å². The molecule has 0 saturated heterocycles. The number of halogens is 6. The molecule has 0 N–H and O–H groups in total. The summed E-state index contributed by atoms with van der Waals surface area (Å²) in [6.45, 7) is 0. The normalized spacial score (nSPS) is 11.8. The Hall–Kier alpha value is -2.65. The fourth-order valence-electron chi connectivity index (χ4n) is 2.87. The Morgan fingerprint density at radius 2 is 1.83 bits per heavy atom. The number of aromatic nitrogens is 3. The highest BCUT2D eigenvalue weighted by molar-refractivity contribution is 9.10. The molecule has 0 bridgehead atoms. The molecular weight excluding hydrogens is 478 g/mol. The summed E-state index contributed by atoms with van der Waals surface area (Å²) < 4.78 is 62.0. The predicted molar refractivity (Wildman–Crippen MR) is 102 cm³/mol. The van der Waals surface area contributed by atoms with E-state index < -0.39 is 17.7 Å². The van der Waals surface area contributed by atoms with Gasteiger partial charge in [-0.1, -0.05) is 35.0 Å². The van der Waals surface area contributed by atoms with Gasteiger partial charge in [-0.05, 0) is 40.2 Å². The topological polar surface area (TPSA) is 43.9 Å². The quantitative estimate of drug-likeness (QED) is 0.300. The number of para-hydroxylation sites is 1. The molecular formula is C19H9BrClF4N3O. The molecule has 0 atom stereocenters. The minimum absolute atomic E-state index is 0.0233. The molecule has 4 rings (SSSR count). The van der Waals surface area contributed by atoms with Crippen molar-refractivity contribution < 1.29 is 22.1 Å². The maximum absolute atomic E-state index is 14.1. The van der Waals surface area contributed by atoms with E-state index >= 15 is 0 Å². The number of nitrogens with zero attached hydrogens (tertiary/aromatic N) is 3. The molecule has 0 aliphatic heterocycles. The zero-order chi connectivity index (χ0) is 20.8. The maximum atomic E-state index is 14.1. The maximum Gasteiger partial charge on any atom is 0.434 e. The lowest BCUT2D eigenvalue weighted by atomic mass is 10.1. The van der Waals surface area contributed by atoms with E-state index in [1.165, 1.54) is 30.3 Å². The van der Waals surface area contributed by atoms with Crippen LogP contribution in [0.3, 0.4) is 0 Å². The van der Waals surface area contributed by atoms with Crippen LogP contribution in [0.15, 0.2) is 63.7 Å². The molecule has 0 aliphatic rings. The van der Waals surface area contributed by atoms with Crippen molar-refractivity contribution in [3.63, 3.8) is 0 Å². The van der Waals surface area contributed by atoms with E-state index in [1.54, 1.807) is 18.2 Å². The Bertz CT molecular complexity index is 1180. The van der Waals surface area contributed by atoms with Gasteiger partial charge in [0.15, 0.2) is 11.5 Å². The third-order valence-corrected chi connectivity index (χ3v) is 5.10. The summed E-state index contributed by atoms with van der Waals surface area (Å²) in [4.78, 5) is 0. The van der Waals surface area contributed by atoms with Crippen molar-refractivity contribution in [1.29, 1.82) is 0 Å². The Balaban J connectivity index is 1.87. The van der Waals surface area contributed by atoms with Crippen LogP contribution in [0.4, 0.5) is 17.6 Å². The molecule has 10 heteroatoms. The fourth-order valence-corrected chi connectivity index (χ4v) is 3.58. The second-order valence-electron chi connectivity index (χ2n) is 5.94. The van der Waals surface area contributed by atoms with Crippen LogP contribution in [0.1, 0.15) is 5.69 Å². The van der Waals surface area contributed by atoms with Crippen LogP contribution in [0, 0.1) is 5.82 Å². The Morgan fingerprint density at radius 1 is 1.07 bits per heavy atom. The first-order valence-electron chi connectivity index (χ1n) is 8.09. The molecule has 2 heterocycles. The van der Waals surface area contributed by atoms with E-state index in [0.717, 1.165) is 10.9 Å². The van der Waals surface area contributed by atoms with Crippen LogP contribution in [-0.2, 0) is 6.18 Å². The zero-order valence-corrected chi connectivity index (χ0v) is 16.6. The van der Waals surface area contributed by atoms with Gasteiger partial charge in [-0.2, -0.15) is 18.3 Å². The third kappa shape index (κ3) is 3.56. The van der Waals surface area contributed by atoms with Crippen molar-refractivity contribution in [2.24, 2.45) is 0 Å². The number of hydrogen-bond donors (Lipinski definition) is 0. The van der Waals surface area contributed by atoms with E-state index in [4.69, 9.17) is 16.1 Å². The third-order valence-electron chi connectivity index (χ3n) is 4.11. The van der Waals surface area contributed by atoms with Gasteiger partial charge in [-0.25, -0.2) is 9.07 Å². The van der Waals surface area contributed by atoms with Gasteiger partial charge in [0.1, 0.15) is 11.5 Å². The summed E-state index contributed by atoms with van der Waals surface area (Å²) in [5.74, 6) is -0.887. The molecule has 0 amide bonds. The molecule has 4 nitrogen and oxygen atoms in total. The van der Waals surface area contributed by atoms with E-state index in [1.807, 2.05) is 0 Å². The Kier molecular flexibility index (Phi) is 4.95. The molecule has 4 aromatic rings. The minimum atomic E-state index is -4.75. The van der Waals surface area contributed by atoms with Gasteiger partial charge in [-0.15, -0.1) is 0 Å². The summed E-state index contributed by atoms with van der Waals surface area (Å²) in [5, 5.41) is 7.64. The van der Waals surface area contributed by atoms with Crippen LogP contribution in [0.5, 0.6) is 0 Å². The van der Waals surface area contributed by atoms with Crippen LogP contribution >= 0.6 is 27.5 Å². The van der Waals surface area contributed by atoms with Gasteiger partial charge in [0.2, 0.25) is 0 Å². The molecule has 0 spiro atoms. The predicted octanol–water partition coefficient (Wildman–Crippen LogP) is 6.77. The van der Waals surface area contributed by atoms with E-state index in [9.17, 15) is 17.6 Å². The van der Waals surface area contributed by atoms with Gasteiger partial charge in [-0.3, -0.25) is 0 Å². The van der Waals surface area contributed by atoms with Crippen molar-refractivity contribution in [2.75, 3.05) is 0 Å². The number of rotatable bonds is 3. The van der Waals surface area contributed by atoms with Crippen LogP contribution in [0.25, 0.3) is 28.3 Å². The summed E-state index contributed by atoms with van der Waals surface area (Å²) in [6, 6.07) is 11.6. The Labute approximate surface area is 174 Å². The zero-order valence-electron chi connectivity index (χ0n) is 14.2. The highest BCUT2D eigenvalue weighted by atomic mass is 79.9. The molecule has 0 radical (unpaired) electrons. The van der Waals surface area contributed by atoms with Gasteiger partial charge in [0.25, 0.3) is 0 Å². The first-order chi connectivity index (χ1) is 13.8. The van der Waals surface area contributed by atoms with Gasteiger partial charge >= 0.3 is 6.18 Å². The van der Waals surface area contributed by atoms with Crippen molar-refractivity contribution in [1.82, 2.24) is 14.9 Å². The summed E-state index contributed by atoms with van der Waals surface area (Å²) >= 11 is 9.23. The average Bonchev–Trinajstić information content (AvgIpc) is 3.28. The largest absolute Gasteiger partial charge is 0.434 e. The molecule has 0 aliphatic carbocycles. The summed E-state index contributed by atoms with van der Waals surface area (Å²) in [6.07, 6.45) is -3.72. The van der Waals surface area contributed by atoms with Gasteiger partial charge in [0, 0.05) is 10.5 Å². The lowest BCUT2D eigenvalue weighted by Gasteiger charge is -2.13. The molecule has 0 unspecified atom stereocenters. The Morgan fingerprint density at radius 3 is 2.52 bits per heavy atom. The summed E-state index contributed by atoms with van der Waals surface area (Å²) in [7, 11) is 0. The van der Waals surface area contributed by atoms with E-state index in [2.05, 4.69) is 26.2 Å². The molecule has 148 valence electrons. The van der Waals surface area contributed by atoms with Crippen LogP contribution < -0.4 is 0 Å². The molecule has 29 heavy (non-hydrogen) atoms. The van der Waals surface area contributed by atoms with Crippen molar-refractivity contribution in [2.45, 2.75) is 6.18 Å². The van der Waals surface area contributed by atoms with E-state index in [-0.39, 0.29) is 33.3 Å². The van der Waals surface area contributed by atoms with Crippen LogP contribution in [-0.4, -0.2) is 14.9 Å². The highest BCUT2D eigenvalue weighted by Gasteiger charge is 2.40. The van der Waals surface area contributed by atoms with Crippen molar-refractivity contribution in [3.05, 3.63) is 75.7 Å². The first-order valence-corrected chi connectivity index (χ1v) is 9.26. The second kappa shape index (κ2) is 7.31. The number of benzene rings is 2. The minimum Gasteiger partial charge on any atom is -0.356 e. The van der Waals surface area contributed by atoms with E-state index in [0.29, 0.717) is 4.47 Å². The smallest absolute Gasteiger partial charge is 0.356 e.